The van der Waals surface area contributed by atoms with E-state index in [2.05, 4.69) is 32.8 Å². The minimum absolute atomic E-state index is 0. The maximum Gasteiger partial charge on any atom is 0.255 e. The van der Waals surface area contributed by atoms with Crippen molar-refractivity contribution in [1.82, 2.24) is 20.0 Å². The number of carbonyl (C=O) groups excluding carboxylic acids is 1. The zero-order chi connectivity index (χ0) is 20.8. The van der Waals surface area contributed by atoms with Crippen LogP contribution in [-0.2, 0) is 6.54 Å². The fraction of sp³-hybridized carbons (Fsp3) is 0.600. The van der Waals surface area contributed by atoms with Crippen molar-refractivity contribution in [3.05, 3.63) is 47.8 Å². The Labute approximate surface area is 208 Å². The number of nitrogens with zero attached hydrogens (tertiary/aromatic N) is 3. The first-order valence-electron chi connectivity index (χ1n) is 12.1. The molecule has 3 aliphatic carbocycles. The van der Waals surface area contributed by atoms with Crippen molar-refractivity contribution in [3.63, 3.8) is 0 Å². The molecule has 6 rings (SSSR count). The topological polar surface area (TPSA) is 62.2 Å². The zero-order valence-corrected chi connectivity index (χ0v) is 20.6. The van der Waals surface area contributed by atoms with Gasteiger partial charge in [0.1, 0.15) is 0 Å². The molecule has 1 aliphatic heterocycles. The van der Waals surface area contributed by atoms with Crippen molar-refractivity contribution in [3.8, 4) is 0 Å². The highest BCUT2D eigenvalue weighted by Crippen LogP contribution is 2.42. The number of hydrogen-bond acceptors (Lipinski definition) is 4. The van der Waals surface area contributed by atoms with Crippen LogP contribution in [-0.4, -0.2) is 51.8 Å². The molecule has 1 aromatic carbocycles. The van der Waals surface area contributed by atoms with Crippen molar-refractivity contribution in [1.29, 1.82) is 0 Å². The number of halogens is 2. The van der Waals surface area contributed by atoms with Crippen LogP contribution >= 0.6 is 24.8 Å². The summed E-state index contributed by atoms with van der Waals surface area (Å²) >= 11 is 0. The summed E-state index contributed by atoms with van der Waals surface area (Å²) in [6.45, 7) is 3.47. The van der Waals surface area contributed by atoms with E-state index in [0.717, 1.165) is 29.8 Å². The molecule has 33 heavy (non-hydrogen) atoms. The molecule has 2 aromatic rings. The number of aromatic nitrogens is 2. The molecule has 0 radical (unpaired) electrons. The lowest BCUT2D eigenvalue weighted by atomic mass is 10.0. The number of hydrogen-bond donors (Lipinski definition) is 2. The van der Waals surface area contributed by atoms with Crippen LogP contribution in [0.5, 0.6) is 0 Å². The van der Waals surface area contributed by atoms with Gasteiger partial charge < -0.3 is 15.5 Å². The largest absolute Gasteiger partial charge is 0.319 e. The summed E-state index contributed by atoms with van der Waals surface area (Å²) in [6, 6.07) is 10.3. The van der Waals surface area contributed by atoms with E-state index in [1.54, 1.807) is 6.20 Å². The minimum Gasteiger partial charge on any atom is -0.319 e. The number of amides is 1. The van der Waals surface area contributed by atoms with E-state index in [0.29, 0.717) is 18.0 Å². The monoisotopic (exact) mass is 491 g/mol. The highest BCUT2D eigenvalue weighted by molar-refractivity contribution is 6.04. The molecular weight excluding hydrogens is 457 g/mol. The Balaban J connectivity index is 0.00000130. The van der Waals surface area contributed by atoms with Crippen LogP contribution in [0.3, 0.4) is 0 Å². The second kappa shape index (κ2) is 10.3. The number of piperidine rings is 1. The average molecular weight is 492 g/mol. The molecule has 2 heterocycles. The molecule has 1 saturated heterocycles. The molecule has 180 valence electrons. The molecular formula is C25H35Cl2N5O. The number of rotatable bonds is 8. The minimum atomic E-state index is -0.0505. The molecule has 0 bridgehead atoms. The molecule has 2 atom stereocenters. The molecule has 1 aromatic heterocycles. The fourth-order valence-electron chi connectivity index (χ4n) is 5.13. The predicted octanol–water partition coefficient (Wildman–Crippen LogP) is 4.46. The first-order chi connectivity index (χ1) is 15.2. The normalized spacial score (nSPS) is 25.1. The Bertz CT molecular complexity index is 950. The van der Waals surface area contributed by atoms with E-state index in [4.69, 9.17) is 0 Å². The Hall–Kier alpha value is -1.60. The first-order valence-corrected chi connectivity index (χ1v) is 12.1. The third-order valence-corrected chi connectivity index (χ3v) is 7.44. The summed E-state index contributed by atoms with van der Waals surface area (Å²) in [7, 11) is 0. The van der Waals surface area contributed by atoms with E-state index in [1.807, 2.05) is 23.0 Å². The van der Waals surface area contributed by atoms with Gasteiger partial charge in [-0.1, -0.05) is 12.1 Å². The van der Waals surface area contributed by atoms with Crippen molar-refractivity contribution in [2.45, 2.75) is 75.5 Å². The predicted molar refractivity (Wildman–Crippen MR) is 136 cm³/mol. The summed E-state index contributed by atoms with van der Waals surface area (Å²) in [4.78, 5) is 15.5. The van der Waals surface area contributed by atoms with Gasteiger partial charge in [0.05, 0.1) is 11.9 Å². The van der Waals surface area contributed by atoms with Crippen LogP contribution in [0.25, 0.3) is 0 Å². The summed E-state index contributed by atoms with van der Waals surface area (Å²) in [5.41, 5.74) is 2.79. The van der Waals surface area contributed by atoms with Crippen molar-refractivity contribution >= 4 is 36.4 Å². The van der Waals surface area contributed by atoms with Gasteiger partial charge in [0, 0.05) is 42.3 Å². The second-order valence-electron chi connectivity index (χ2n) is 10.1. The van der Waals surface area contributed by atoms with Gasteiger partial charge >= 0.3 is 0 Å². The Kier molecular flexibility index (Phi) is 7.69. The van der Waals surface area contributed by atoms with E-state index in [9.17, 15) is 4.79 Å². The Morgan fingerprint density at radius 1 is 1.06 bits per heavy atom. The van der Waals surface area contributed by atoms with Crippen molar-refractivity contribution in [2.24, 2.45) is 5.92 Å². The molecule has 4 fully saturated rings. The highest BCUT2D eigenvalue weighted by Gasteiger charge is 2.40. The molecule has 0 spiro atoms. The van der Waals surface area contributed by atoms with E-state index < -0.39 is 0 Å². The molecule has 2 unspecified atom stereocenters. The van der Waals surface area contributed by atoms with E-state index in [-0.39, 0.29) is 30.7 Å². The van der Waals surface area contributed by atoms with Crippen LogP contribution in [0, 0.1) is 5.92 Å². The lowest BCUT2D eigenvalue weighted by Crippen LogP contribution is -2.44. The highest BCUT2D eigenvalue weighted by atomic mass is 35.5. The van der Waals surface area contributed by atoms with Gasteiger partial charge in [0.25, 0.3) is 5.91 Å². The molecule has 8 heteroatoms. The maximum absolute atomic E-state index is 12.8. The standard InChI is InChI=1S/C25H33N5O.2ClH/c31-25(28-21-14-26-30(16-21)15-17-4-5-17)19-3-1-2-18(12-19)23-13-24(23)27-20-8-10-29(11-9-20)22-6-7-22;;/h1-3,12,14,16-17,20,22-24,27H,4-11,13,15H2,(H,28,31);2*1H. The third-order valence-electron chi connectivity index (χ3n) is 7.44. The molecule has 1 amide bonds. The average Bonchev–Trinajstić information content (AvgIpc) is 3.65. The summed E-state index contributed by atoms with van der Waals surface area (Å²) in [6.07, 6.45) is 12.8. The maximum atomic E-state index is 12.8. The van der Waals surface area contributed by atoms with Crippen LogP contribution in [0.2, 0.25) is 0 Å². The van der Waals surface area contributed by atoms with Crippen LogP contribution < -0.4 is 10.6 Å². The number of nitrogens with one attached hydrogen (secondary N) is 2. The van der Waals surface area contributed by atoms with Gasteiger partial charge in [-0.3, -0.25) is 9.48 Å². The number of likely N-dealkylation sites (tertiary alicyclic amines) is 1. The Morgan fingerprint density at radius 2 is 1.85 bits per heavy atom. The van der Waals surface area contributed by atoms with Gasteiger partial charge in [-0.05, 0) is 81.6 Å². The quantitative estimate of drug-likeness (QED) is 0.571. The van der Waals surface area contributed by atoms with Crippen molar-refractivity contribution in [2.75, 3.05) is 18.4 Å². The van der Waals surface area contributed by atoms with Gasteiger partial charge in [0.2, 0.25) is 0 Å². The van der Waals surface area contributed by atoms with Gasteiger partial charge in [-0.2, -0.15) is 5.10 Å². The van der Waals surface area contributed by atoms with Crippen LogP contribution in [0.4, 0.5) is 5.69 Å². The summed E-state index contributed by atoms with van der Waals surface area (Å²) in [5.74, 6) is 1.26. The van der Waals surface area contributed by atoms with Crippen LogP contribution in [0.15, 0.2) is 36.7 Å². The third kappa shape index (κ3) is 6.10. The van der Waals surface area contributed by atoms with Gasteiger partial charge in [-0.15, -0.1) is 24.8 Å². The smallest absolute Gasteiger partial charge is 0.255 e. The lowest BCUT2D eigenvalue weighted by Gasteiger charge is -2.32. The molecule has 4 aliphatic rings. The van der Waals surface area contributed by atoms with E-state index in [1.165, 1.54) is 63.6 Å². The van der Waals surface area contributed by atoms with Gasteiger partial charge in [-0.25, -0.2) is 0 Å². The zero-order valence-electron chi connectivity index (χ0n) is 19.0. The van der Waals surface area contributed by atoms with Crippen molar-refractivity contribution < 1.29 is 4.79 Å². The molecule has 2 N–H and O–H groups in total. The van der Waals surface area contributed by atoms with Gasteiger partial charge in [0.15, 0.2) is 0 Å². The second-order valence-corrected chi connectivity index (χ2v) is 10.1. The van der Waals surface area contributed by atoms with Crippen LogP contribution in [0.1, 0.15) is 66.8 Å². The summed E-state index contributed by atoms with van der Waals surface area (Å²) < 4.78 is 1.94. The number of anilines is 1. The Morgan fingerprint density at radius 3 is 2.58 bits per heavy atom. The fourth-order valence-corrected chi connectivity index (χ4v) is 5.13. The summed E-state index contributed by atoms with van der Waals surface area (Å²) in [5, 5.41) is 11.3. The number of carbonyl (C=O) groups is 1. The molecule has 6 nitrogen and oxygen atoms in total. The van der Waals surface area contributed by atoms with E-state index >= 15 is 0 Å². The number of benzene rings is 1. The SMILES string of the molecule is Cl.Cl.O=C(Nc1cnn(CC2CC2)c1)c1cccc(C2CC2NC2CCN(C3CC3)CC2)c1. The lowest BCUT2D eigenvalue weighted by molar-refractivity contribution is 0.102. The first kappa shape index (κ1) is 24.5. The molecule has 3 saturated carbocycles.